The molecular weight excluding hydrogens is 488 g/mol. The van der Waals surface area contributed by atoms with Gasteiger partial charge >= 0.3 is 0 Å². The minimum atomic E-state index is -4.04. The molecule has 8 heteroatoms. The molecule has 1 N–H and O–H groups in total. The molecule has 0 saturated heterocycles. The van der Waals surface area contributed by atoms with Crippen LogP contribution in [0.3, 0.4) is 0 Å². The van der Waals surface area contributed by atoms with E-state index in [-0.39, 0.29) is 23.4 Å². The number of benzene rings is 3. The van der Waals surface area contributed by atoms with Gasteiger partial charge in [-0.3, -0.25) is 9.10 Å². The van der Waals surface area contributed by atoms with Crippen LogP contribution in [0.4, 0.5) is 5.69 Å². The number of carbonyl (C=O) groups is 1. The average molecular weight is 523 g/mol. The maximum absolute atomic E-state index is 13.7. The molecule has 0 unspecified atom stereocenters. The summed E-state index contributed by atoms with van der Waals surface area (Å²) in [4.78, 5) is 13.4. The molecule has 0 fully saturated rings. The van der Waals surface area contributed by atoms with Gasteiger partial charge in [0.1, 0.15) is 6.54 Å². The van der Waals surface area contributed by atoms with E-state index in [1.165, 1.54) is 50.3 Å². The van der Waals surface area contributed by atoms with Gasteiger partial charge in [-0.05, 0) is 73.1 Å². The Labute approximate surface area is 219 Å². The number of hydrogen-bond acceptors (Lipinski definition) is 5. The monoisotopic (exact) mass is 522 g/mol. The molecule has 7 nitrogen and oxygen atoms in total. The highest BCUT2D eigenvalue weighted by Gasteiger charge is 2.29. The Bertz CT molecular complexity index is 1340. The highest BCUT2D eigenvalue weighted by Crippen LogP contribution is 2.34. The number of anilines is 1. The molecule has 3 aromatic carbocycles. The topological polar surface area (TPSA) is 84.9 Å². The predicted octanol–water partition coefficient (Wildman–Crippen LogP) is 5.05. The van der Waals surface area contributed by atoms with Gasteiger partial charge in [0, 0.05) is 6.07 Å². The van der Waals surface area contributed by atoms with Crippen molar-refractivity contribution >= 4 is 21.6 Å². The number of methoxy groups -OCH3 is 2. The first kappa shape index (κ1) is 26.5. The number of sulfonamides is 1. The Hall–Kier alpha value is -3.52. The number of amides is 1. The summed E-state index contributed by atoms with van der Waals surface area (Å²) in [5.41, 5.74) is 4.07. The van der Waals surface area contributed by atoms with Gasteiger partial charge in [0.2, 0.25) is 5.91 Å². The fourth-order valence-electron chi connectivity index (χ4n) is 4.78. The molecular formula is C29H34N2O5S. The van der Waals surface area contributed by atoms with Gasteiger partial charge in [-0.25, -0.2) is 8.42 Å². The number of ether oxygens (including phenoxy) is 2. The van der Waals surface area contributed by atoms with Crippen LogP contribution in [0.2, 0.25) is 0 Å². The number of aryl methyl sites for hydroxylation is 2. The predicted molar refractivity (Wildman–Crippen MR) is 145 cm³/mol. The van der Waals surface area contributed by atoms with Crippen LogP contribution in [0.15, 0.2) is 71.6 Å². The molecule has 0 radical (unpaired) electrons. The van der Waals surface area contributed by atoms with Crippen molar-refractivity contribution < 1.29 is 22.7 Å². The third kappa shape index (κ3) is 5.91. The van der Waals surface area contributed by atoms with Crippen LogP contribution >= 0.6 is 0 Å². The van der Waals surface area contributed by atoms with Gasteiger partial charge < -0.3 is 14.8 Å². The second-order valence-electron chi connectivity index (χ2n) is 9.13. The molecule has 0 heterocycles. The second-order valence-corrected chi connectivity index (χ2v) is 11.0. The fraction of sp³-hybridized carbons (Fsp3) is 0.345. The first-order valence-electron chi connectivity index (χ1n) is 12.6. The third-order valence-corrected chi connectivity index (χ3v) is 8.58. The molecule has 0 spiro atoms. The summed E-state index contributed by atoms with van der Waals surface area (Å²) >= 11 is 0. The van der Waals surface area contributed by atoms with E-state index in [9.17, 15) is 13.2 Å². The number of hydrogen-bond donors (Lipinski definition) is 1. The van der Waals surface area contributed by atoms with Crippen LogP contribution in [0.5, 0.6) is 11.5 Å². The summed E-state index contributed by atoms with van der Waals surface area (Å²) in [6.07, 6.45) is 5.22. The van der Waals surface area contributed by atoms with E-state index < -0.39 is 10.0 Å². The van der Waals surface area contributed by atoms with E-state index >= 15 is 0 Å². The Kier molecular flexibility index (Phi) is 8.38. The van der Waals surface area contributed by atoms with Crippen molar-refractivity contribution in [2.24, 2.45) is 0 Å². The average Bonchev–Trinajstić information content (AvgIpc) is 2.94. The van der Waals surface area contributed by atoms with Crippen molar-refractivity contribution in [3.63, 3.8) is 0 Å². The van der Waals surface area contributed by atoms with Crippen molar-refractivity contribution in [2.75, 3.05) is 25.1 Å². The molecule has 0 saturated carbocycles. The van der Waals surface area contributed by atoms with Crippen LogP contribution in [0, 0.1) is 0 Å². The Balaban J connectivity index is 1.63. The van der Waals surface area contributed by atoms with Crippen molar-refractivity contribution in [1.29, 1.82) is 0 Å². The first-order chi connectivity index (χ1) is 17.9. The summed E-state index contributed by atoms with van der Waals surface area (Å²) in [5.74, 6) is 0.444. The standard InChI is InChI=1S/C29H34N2O5S/c1-4-26(23-15-14-21-10-8-9-11-22(21)18-23)30-29(32)20-31(37(33,34)25-12-6-5-7-13-25)24-16-17-27(35-2)28(19-24)36-3/h5-7,12-19,26H,4,8-11,20H2,1-3H3,(H,30,32)/t26-/m1/s1. The molecule has 1 aliphatic rings. The summed E-state index contributed by atoms with van der Waals surface area (Å²) in [6, 6.07) is 19.1. The lowest BCUT2D eigenvalue weighted by Gasteiger charge is -2.27. The number of carbonyl (C=O) groups excluding carboxylic acids is 1. The third-order valence-electron chi connectivity index (χ3n) is 6.79. The Morgan fingerprint density at radius 1 is 0.919 bits per heavy atom. The first-order valence-corrected chi connectivity index (χ1v) is 14.0. The zero-order valence-electron chi connectivity index (χ0n) is 21.6. The molecule has 0 aromatic heterocycles. The van der Waals surface area contributed by atoms with Crippen LogP contribution < -0.4 is 19.1 Å². The Morgan fingerprint density at radius 3 is 2.30 bits per heavy atom. The van der Waals surface area contributed by atoms with Crippen LogP contribution in [-0.2, 0) is 27.7 Å². The van der Waals surface area contributed by atoms with Gasteiger partial charge in [-0.2, -0.15) is 0 Å². The fourth-order valence-corrected chi connectivity index (χ4v) is 6.21. The van der Waals surface area contributed by atoms with Crippen molar-refractivity contribution in [3.8, 4) is 11.5 Å². The molecule has 1 amide bonds. The zero-order chi connectivity index (χ0) is 26.4. The normalized spacial score (nSPS) is 13.8. The minimum absolute atomic E-state index is 0.0966. The van der Waals surface area contributed by atoms with Crippen molar-refractivity contribution in [3.05, 3.63) is 83.4 Å². The summed E-state index contributed by atoms with van der Waals surface area (Å²) in [7, 11) is -1.05. The van der Waals surface area contributed by atoms with E-state index in [4.69, 9.17) is 9.47 Å². The van der Waals surface area contributed by atoms with E-state index in [0.29, 0.717) is 23.6 Å². The van der Waals surface area contributed by atoms with Crippen molar-refractivity contribution in [2.45, 2.75) is 50.0 Å². The highest BCUT2D eigenvalue weighted by atomic mass is 32.2. The van der Waals surface area contributed by atoms with E-state index in [1.54, 1.807) is 36.4 Å². The second kappa shape index (κ2) is 11.7. The lowest BCUT2D eigenvalue weighted by molar-refractivity contribution is -0.120. The number of rotatable bonds is 10. The summed E-state index contributed by atoms with van der Waals surface area (Å²) < 4.78 is 39.2. The van der Waals surface area contributed by atoms with Gasteiger partial charge in [-0.15, -0.1) is 0 Å². The lowest BCUT2D eigenvalue weighted by Crippen LogP contribution is -2.42. The summed E-state index contributed by atoms with van der Waals surface area (Å²) in [5, 5.41) is 3.06. The molecule has 37 heavy (non-hydrogen) atoms. The zero-order valence-corrected chi connectivity index (χ0v) is 22.4. The lowest BCUT2D eigenvalue weighted by atomic mass is 9.89. The minimum Gasteiger partial charge on any atom is -0.493 e. The van der Waals surface area contributed by atoms with E-state index in [1.807, 2.05) is 6.92 Å². The van der Waals surface area contributed by atoms with Gasteiger partial charge in [-0.1, -0.05) is 43.3 Å². The van der Waals surface area contributed by atoms with E-state index in [2.05, 4.69) is 23.5 Å². The van der Waals surface area contributed by atoms with Crippen molar-refractivity contribution in [1.82, 2.24) is 5.32 Å². The smallest absolute Gasteiger partial charge is 0.264 e. The molecule has 1 aliphatic carbocycles. The van der Waals surface area contributed by atoms with Crippen LogP contribution in [0.25, 0.3) is 0 Å². The van der Waals surface area contributed by atoms with Crippen LogP contribution in [0.1, 0.15) is 48.9 Å². The number of nitrogens with zero attached hydrogens (tertiary/aromatic N) is 1. The highest BCUT2D eigenvalue weighted by molar-refractivity contribution is 7.92. The number of fused-ring (bicyclic) bond motifs is 1. The number of nitrogens with one attached hydrogen (secondary N) is 1. The Morgan fingerprint density at radius 2 is 1.62 bits per heavy atom. The molecule has 3 aromatic rings. The van der Waals surface area contributed by atoms with E-state index in [0.717, 1.165) is 22.7 Å². The molecule has 0 bridgehead atoms. The molecule has 196 valence electrons. The van der Waals surface area contributed by atoms with Crippen LogP contribution in [-0.4, -0.2) is 35.1 Å². The quantitative estimate of drug-likeness (QED) is 0.403. The van der Waals surface area contributed by atoms with Gasteiger partial charge in [0.25, 0.3) is 10.0 Å². The summed E-state index contributed by atoms with van der Waals surface area (Å²) in [6.45, 7) is 1.63. The van der Waals surface area contributed by atoms with Gasteiger partial charge in [0.15, 0.2) is 11.5 Å². The molecule has 4 rings (SSSR count). The SMILES string of the molecule is CC[C@@H](NC(=O)CN(c1ccc(OC)c(OC)c1)S(=O)(=O)c1ccccc1)c1ccc2c(c1)CCCC2. The molecule has 1 atom stereocenters. The maximum Gasteiger partial charge on any atom is 0.264 e. The molecule has 0 aliphatic heterocycles. The van der Waals surface area contributed by atoms with Gasteiger partial charge in [0.05, 0.1) is 30.8 Å². The largest absolute Gasteiger partial charge is 0.493 e. The maximum atomic E-state index is 13.7.